The molecular weight excluding hydrogens is 390 g/mol. The molecule has 1 atom stereocenters. The van der Waals surface area contributed by atoms with Gasteiger partial charge in [-0.2, -0.15) is 0 Å². The maximum Gasteiger partial charge on any atom is 0.292 e. The third kappa shape index (κ3) is 5.03. The summed E-state index contributed by atoms with van der Waals surface area (Å²) >= 11 is 0. The summed E-state index contributed by atoms with van der Waals surface area (Å²) < 4.78 is 5.60. The molecule has 0 radical (unpaired) electrons. The summed E-state index contributed by atoms with van der Waals surface area (Å²) in [6.07, 6.45) is 5.59. The fraction of sp³-hybridized carbons (Fsp3) is 0.360. The summed E-state index contributed by atoms with van der Waals surface area (Å²) in [6, 6.07) is 17.3. The maximum atomic E-state index is 13.1. The van der Waals surface area contributed by atoms with Gasteiger partial charge in [0.1, 0.15) is 31.9 Å². The van der Waals surface area contributed by atoms with Gasteiger partial charge in [0.05, 0.1) is 24.9 Å². The van der Waals surface area contributed by atoms with Gasteiger partial charge in [0, 0.05) is 0 Å². The number of hydrogen-bond donors (Lipinski definition) is 2. The normalized spacial score (nSPS) is 24.2. The van der Waals surface area contributed by atoms with Gasteiger partial charge in [-0.3, -0.25) is 14.5 Å². The number of piperazine rings is 1. The van der Waals surface area contributed by atoms with E-state index in [1.807, 2.05) is 30.3 Å². The average molecular weight is 422 g/mol. The van der Waals surface area contributed by atoms with E-state index in [1.54, 1.807) is 12.1 Å². The monoisotopic (exact) mass is 421 g/mol. The van der Waals surface area contributed by atoms with E-state index in [9.17, 15) is 9.59 Å². The van der Waals surface area contributed by atoms with Crippen molar-refractivity contribution in [3.05, 3.63) is 66.4 Å². The summed E-state index contributed by atoms with van der Waals surface area (Å²) in [7, 11) is 0. The molecule has 0 saturated carbocycles. The Morgan fingerprint density at radius 2 is 1.71 bits per heavy atom. The molecule has 162 valence electrons. The summed E-state index contributed by atoms with van der Waals surface area (Å²) in [5.41, 5.74) is 1.83. The van der Waals surface area contributed by atoms with Crippen molar-refractivity contribution >= 4 is 23.6 Å². The van der Waals surface area contributed by atoms with Crippen molar-refractivity contribution in [2.24, 2.45) is 0 Å². The van der Waals surface area contributed by atoms with Crippen LogP contribution < -0.4 is 19.4 Å². The van der Waals surface area contributed by atoms with E-state index in [2.05, 4.69) is 31.3 Å². The van der Waals surface area contributed by atoms with Crippen LogP contribution in [-0.2, 0) is 9.59 Å². The lowest BCUT2D eigenvalue weighted by Gasteiger charge is -2.30. The number of carbonyl (C=O) groups is 2. The second kappa shape index (κ2) is 9.90. The van der Waals surface area contributed by atoms with Crippen molar-refractivity contribution in [2.45, 2.75) is 25.8 Å². The van der Waals surface area contributed by atoms with E-state index in [1.165, 1.54) is 20.3 Å². The molecule has 2 fully saturated rings. The first-order valence-electron chi connectivity index (χ1n) is 11.2. The van der Waals surface area contributed by atoms with Crippen LogP contribution in [0.1, 0.15) is 25.3 Å². The molecule has 0 aromatic heterocycles. The third-order valence-corrected chi connectivity index (χ3v) is 6.05. The molecule has 2 N–H and O–H groups in total. The first-order valence-corrected chi connectivity index (χ1v) is 11.2. The Morgan fingerprint density at radius 3 is 2.39 bits per heavy atom. The summed E-state index contributed by atoms with van der Waals surface area (Å²) in [6.45, 7) is 6.39. The zero-order valence-electron chi connectivity index (χ0n) is 18.0. The highest BCUT2D eigenvalue weighted by molar-refractivity contribution is 6.21. The molecule has 2 aliphatic heterocycles. The van der Waals surface area contributed by atoms with Gasteiger partial charge in [-0.15, -0.1) is 0 Å². The van der Waals surface area contributed by atoms with Crippen molar-refractivity contribution in [1.82, 2.24) is 0 Å². The molecule has 2 aliphatic rings. The number of anilines is 1. The van der Waals surface area contributed by atoms with Crippen molar-refractivity contribution in [2.75, 3.05) is 37.7 Å². The van der Waals surface area contributed by atoms with Crippen LogP contribution in [0.25, 0.3) is 6.08 Å². The van der Waals surface area contributed by atoms with E-state index in [4.69, 9.17) is 4.74 Å². The van der Waals surface area contributed by atoms with Crippen LogP contribution in [0.5, 0.6) is 5.75 Å². The quantitative estimate of drug-likeness (QED) is 0.643. The van der Waals surface area contributed by atoms with Gasteiger partial charge in [-0.25, -0.2) is 4.90 Å². The Labute approximate surface area is 183 Å². The number of nitrogens with zero attached hydrogens (tertiary/aromatic N) is 1. The molecule has 6 nitrogen and oxygen atoms in total. The molecule has 6 heteroatoms. The smallest absolute Gasteiger partial charge is 0.292 e. The van der Waals surface area contributed by atoms with Crippen molar-refractivity contribution < 1.29 is 24.1 Å². The van der Waals surface area contributed by atoms with E-state index in [-0.39, 0.29) is 24.3 Å². The molecule has 0 bridgehead atoms. The summed E-state index contributed by atoms with van der Waals surface area (Å²) in [5.74, 6) is 0.573. The number of hydrogen-bond acceptors (Lipinski definition) is 3. The molecule has 2 aromatic rings. The predicted molar refractivity (Wildman–Crippen MR) is 120 cm³/mol. The first-order chi connectivity index (χ1) is 15.2. The average Bonchev–Trinajstić information content (AvgIpc) is 3.11. The number of benzene rings is 2. The van der Waals surface area contributed by atoms with Crippen molar-refractivity contribution in [3.63, 3.8) is 0 Å². The fourth-order valence-corrected chi connectivity index (χ4v) is 4.32. The van der Waals surface area contributed by atoms with E-state index >= 15 is 0 Å². The first kappa shape index (κ1) is 21.3. The molecule has 0 spiro atoms. The third-order valence-electron chi connectivity index (χ3n) is 6.05. The van der Waals surface area contributed by atoms with Crippen LogP contribution in [-0.4, -0.2) is 50.6 Å². The molecule has 0 unspecified atom stereocenters. The second-order valence-electron chi connectivity index (χ2n) is 8.23. The number of rotatable bonds is 7. The van der Waals surface area contributed by atoms with Crippen molar-refractivity contribution in [1.29, 1.82) is 0 Å². The number of nitrogens with one attached hydrogen (secondary N) is 2. The van der Waals surface area contributed by atoms with Gasteiger partial charge in [0.25, 0.3) is 5.91 Å². The minimum Gasteiger partial charge on any atom is -0.494 e. The lowest BCUT2D eigenvalue weighted by molar-refractivity contribution is -0.999. The Hall–Kier alpha value is -2.96. The van der Waals surface area contributed by atoms with Gasteiger partial charge >= 0.3 is 0 Å². The summed E-state index contributed by atoms with van der Waals surface area (Å²) in [5, 5.41) is 0. The summed E-state index contributed by atoms with van der Waals surface area (Å²) in [4.78, 5) is 29.7. The maximum absolute atomic E-state index is 13.1. The molecule has 2 saturated heterocycles. The molecule has 4 rings (SSSR count). The fourth-order valence-electron chi connectivity index (χ4n) is 4.32. The zero-order valence-corrected chi connectivity index (χ0v) is 18.0. The van der Waals surface area contributed by atoms with Crippen LogP contribution in [0.2, 0.25) is 0 Å². The van der Waals surface area contributed by atoms with Gasteiger partial charge < -0.3 is 9.64 Å². The number of imide groups is 1. The van der Waals surface area contributed by atoms with Crippen LogP contribution in [0, 0.1) is 0 Å². The minimum atomic E-state index is -0.275. The molecular formula is C25H31N3O3+2. The topological polar surface area (TPSA) is 55.5 Å². The highest BCUT2D eigenvalue weighted by atomic mass is 16.5. The Morgan fingerprint density at radius 1 is 1.00 bits per heavy atom. The molecule has 0 aliphatic carbocycles. The molecule has 2 heterocycles. The van der Waals surface area contributed by atoms with Crippen LogP contribution >= 0.6 is 0 Å². The highest BCUT2D eigenvalue weighted by Crippen LogP contribution is 2.24. The lowest BCUT2D eigenvalue weighted by atomic mass is 10.1. The Balaban J connectivity index is 1.34. The van der Waals surface area contributed by atoms with Crippen molar-refractivity contribution in [3.8, 4) is 5.75 Å². The number of quaternary nitrogens is 2. The van der Waals surface area contributed by atoms with E-state index < -0.39 is 0 Å². The van der Waals surface area contributed by atoms with E-state index in [0.717, 1.165) is 38.3 Å². The van der Waals surface area contributed by atoms with Gasteiger partial charge in [0.2, 0.25) is 5.91 Å². The SMILES string of the molecule is CCCOc1ccc(N2C(=O)C[C@H]([NH+]3CC[NH+](/C=C/c4ccccc4)CC3)C2=O)cc1. The molecule has 31 heavy (non-hydrogen) atoms. The predicted octanol–water partition coefficient (Wildman–Crippen LogP) is 0.562. The number of carbonyl (C=O) groups excluding carboxylic acids is 2. The second-order valence-corrected chi connectivity index (χ2v) is 8.23. The molecule has 2 amide bonds. The van der Waals surface area contributed by atoms with Gasteiger partial charge in [-0.05, 0) is 42.3 Å². The minimum absolute atomic E-state index is 0.0782. The van der Waals surface area contributed by atoms with Crippen LogP contribution in [0.4, 0.5) is 5.69 Å². The van der Waals surface area contributed by atoms with Crippen LogP contribution in [0.15, 0.2) is 60.8 Å². The van der Waals surface area contributed by atoms with E-state index in [0.29, 0.717) is 12.3 Å². The number of ether oxygens (including phenoxy) is 1. The van der Waals surface area contributed by atoms with Crippen LogP contribution in [0.3, 0.4) is 0 Å². The lowest BCUT2D eigenvalue weighted by Crippen LogP contribution is -3.28. The number of amides is 2. The standard InChI is InChI=1S/C25H29N3O3/c1-2-18-31-22-10-8-21(9-11-22)28-24(29)19-23(25(28)30)27-16-14-26(15-17-27)13-12-20-6-4-3-5-7-20/h3-13,23H,2,14-19H2,1H3/p+2/b13-12+/t23-/m0/s1. The highest BCUT2D eigenvalue weighted by Gasteiger charge is 2.46. The Kier molecular flexibility index (Phi) is 6.79. The largest absolute Gasteiger partial charge is 0.494 e. The molecule has 2 aromatic carbocycles. The van der Waals surface area contributed by atoms with Gasteiger partial charge in [0.15, 0.2) is 6.04 Å². The zero-order chi connectivity index (χ0) is 21.6. The Bertz CT molecular complexity index is 919. The van der Waals surface area contributed by atoms with Gasteiger partial charge in [-0.1, -0.05) is 37.3 Å².